The molecule has 2 fully saturated rings. The molecule has 1 saturated heterocycles. The van der Waals surface area contributed by atoms with Crippen molar-refractivity contribution in [2.45, 2.75) is 45.6 Å². The van der Waals surface area contributed by atoms with Crippen molar-refractivity contribution in [1.29, 1.82) is 0 Å². The lowest BCUT2D eigenvalue weighted by Gasteiger charge is -2.50. The smallest absolute Gasteiger partial charge is 0.267 e. The third kappa shape index (κ3) is 6.10. The fourth-order valence-corrected chi connectivity index (χ4v) is 5.51. The molecular weight excluding hydrogens is 514 g/mol. The van der Waals surface area contributed by atoms with Crippen LogP contribution in [0.2, 0.25) is 10.0 Å². The molecule has 0 bridgehead atoms. The van der Waals surface area contributed by atoms with Crippen LogP contribution in [0, 0.1) is 11.2 Å². The van der Waals surface area contributed by atoms with Crippen LogP contribution in [0.4, 0.5) is 4.39 Å². The Labute approximate surface area is 215 Å². The van der Waals surface area contributed by atoms with Crippen molar-refractivity contribution in [3.05, 3.63) is 62.9 Å². The fraction of sp³-hybridized carbons (Fsp3) is 0.480. The third-order valence-corrected chi connectivity index (χ3v) is 8.34. The second kappa shape index (κ2) is 9.88. The molecular formula is C25H29Cl2FN2O4S. The predicted molar refractivity (Wildman–Crippen MR) is 135 cm³/mol. The van der Waals surface area contributed by atoms with Crippen LogP contribution in [-0.2, 0) is 10.0 Å². The lowest BCUT2D eigenvalue weighted by atomic mass is 9.81. The maximum Gasteiger partial charge on any atom is 0.267 e. The molecule has 1 heterocycles. The van der Waals surface area contributed by atoms with Crippen molar-refractivity contribution in [2.75, 3.05) is 25.4 Å². The van der Waals surface area contributed by atoms with Gasteiger partial charge in [-0.3, -0.25) is 9.69 Å². The number of carbonyl (C=O) groups is 1. The van der Waals surface area contributed by atoms with E-state index in [-0.39, 0.29) is 28.7 Å². The van der Waals surface area contributed by atoms with E-state index in [9.17, 15) is 17.6 Å². The Morgan fingerprint density at radius 1 is 1.20 bits per heavy atom. The number of hydrogen-bond acceptors (Lipinski definition) is 5. The second-order valence-corrected chi connectivity index (χ2v) is 12.7. The van der Waals surface area contributed by atoms with Crippen LogP contribution in [0.5, 0.6) is 5.75 Å². The highest BCUT2D eigenvalue weighted by Gasteiger charge is 2.42. The van der Waals surface area contributed by atoms with Crippen LogP contribution in [-0.4, -0.2) is 44.7 Å². The fourth-order valence-electron chi connectivity index (χ4n) is 4.43. The van der Waals surface area contributed by atoms with Gasteiger partial charge in [-0.05, 0) is 68.0 Å². The average molecular weight is 543 g/mol. The SMILES string of the molecule is CCS(=O)(=O)NC(=O)c1cc(C2CC2)c(OCC2(C)CN([C@H](C)c3cc(Cl)cc(Cl)c3)C2)cc1F. The maximum atomic E-state index is 14.8. The van der Waals surface area contributed by atoms with Gasteiger partial charge in [0.05, 0.1) is 17.9 Å². The quantitative estimate of drug-likeness (QED) is 0.449. The standard InChI is InChI=1S/C25H29Cl2FN2O4S/c1-4-35(32,33)29-24(31)21-10-20(16-5-6-16)23(11-22(21)28)34-14-25(3)12-30(13-25)15(2)17-7-18(26)9-19(27)8-17/h7-11,15-16H,4-6,12-14H2,1-3H3,(H,29,31)/t15-/m1/s1. The van der Waals surface area contributed by atoms with Gasteiger partial charge in [0.1, 0.15) is 11.6 Å². The van der Waals surface area contributed by atoms with E-state index in [4.69, 9.17) is 27.9 Å². The van der Waals surface area contributed by atoms with Crippen LogP contribution in [0.1, 0.15) is 67.1 Å². The normalized spacial score (nSPS) is 18.6. The first kappa shape index (κ1) is 26.2. The highest BCUT2D eigenvalue weighted by Crippen LogP contribution is 2.46. The minimum Gasteiger partial charge on any atom is -0.493 e. The summed E-state index contributed by atoms with van der Waals surface area (Å²) in [5.74, 6) is -1.45. The molecule has 1 N–H and O–H groups in total. The molecule has 0 spiro atoms. The molecule has 2 aromatic carbocycles. The van der Waals surface area contributed by atoms with Crippen molar-refractivity contribution in [3.63, 3.8) is 0 Å². The van der Waals surface area contributed by atoms with Gasteiger partial charge in [-0.2, -0.15) is 0 Å². The van der Waals surface area contributed by atoms with Gasteiger partial charge in [0.25, 0.3) is 5.91 Å². The van der Waals surface area contributed by atoms with Crippen LogP contribution >= 0.6 is 23.2 Å². The molecule has 1 saturated carbocycles. The summed E-state index contributed by atoms with van der Waals surface area (Å²) in [7, 11) is -3.79. The largest absolute Gasteiger partial charge is 0.493 e. The van der Waals surface area contributed by atoms with E-state index in [1.54, 1.807) is 6.07 Å². The summed E-state index contributed by atoms with van der Waals surface area (Å²) >= 11 is 12.3. The topological polar surface area (TPSA) is 75.7 Å². The van der Waals surface area contributed by atoms with E-state index in [0.29, 0.717) is 22.4 Å². The molecule has 35 heavy (non-hydrogen) atoms. The van der Waals surface area contributed by atoms with Crippen molar-refractivity contribution < 1.29 is 22.3 Å². The summed E-state index contributed by atoms with van der Waals surface area (Å²) in [5.41, 5.74) is 1.38. The minimum absolute atomic E-state index is 0.126. The Hall–Kier alpha value is -1.87. The summed E-state index contributed by atoms with van der Waals surface area (Å²) in [6.45, 7) is 7.59. The monoisotopic (exact) mass is 542 g/mol. The number of likely N-dealkylation sites (tertiary alicyclic amines) is 1. The first-order valence-corrected chi connectivity index (χ1v) is 14.0. The van der Waals surface area contributed by atoms with E-state index >= 15 is 0 Å². The number of nitrogens with one attached hydrogen (secondary N) is 1. The number of ether oxygens (including phenoxy) is 1. The Morgan fingerprint density at radius 2 is 1.83 bits per heavy atom. The molecule has 4 rings (SSSR count). The number of benzene rings is 2. The molecule has 1 atom stereocenters. The number of nitrogens with zero attached hydrogens (tertiary/aromatic N) is 1. The summed E-state index contributed by atoms with van der Waals surface area (Å²) < 4.78 is 46.3. The third-order valence-electron chi connectivity index (χ3n) is 6.65. The Morgan fingerprint density at radius 3 is 2.40 bits per heavy atom. The van der Waals surface area contributed by atoms with Gasteiger partial charge in [-0.25, -0.2) is 17.5 Å². The number of hydrogen-bond donors (Lipinski definition) is 1. The zero-order chi connectivity index (χ0) is 25.5. The molecule has 0 aromatic heterocycles. The van der Waals surface area contributed by atoms with Gasteiger partial charge >= 0.3 is 0 Å². The van der Waals surface area contributed by atoms with Gasteiger partial charge < -0.3 is 4.74 Å². The van der Waals surface area contributed by atoms with E-state index in [2.05, 4.69) is 18.7 Å². The molecule has 2 aliphatic rings. The number of rotatable bonds is 9. The first-order valence-electron chi connectivity index (χ1n) is 11.6. The summed E-state index contributed by atoms with van der Waals surface area (Å²) in [6, 6.07) is 8.31. The number of amides is 1. The van der Waals surface area contributed by atoms with Crippen molar-refractivity contribution in [3.8, 4) is 5.75 Å². The van der Waals surface area contributed by atoms with Gasteiger partial charge in [0, 0.05) is 40.7 Å². The van der Waals surface area contributed by atoms with Crippen LogP contribution in [0.3, 0.4) is 0 Å². The highest BCUT2D eigenvalue weighted by molar-refractivity contribution is 7.90. The molecule has 1 amide bonds. The van der Waals surface area contributed by atoms with E-state index in [0.717, 1.165) is 37.1 Å². The molecule has 0 radical (unpaired) electrons. The van der Waals surface area contributed by atoms with Crippen molar-refractivity contribution >= 4 is 39.1 Å². The van der Waals surface area contributed by atoms with Gasteiger partial charge in [-0.15, -0.1) is 0 Å². The number of carbonyl (C=O) groups excluding carboxylic acids is 1. The van der Waals surface area contributed by atoms with Crippen molar-refractivity contribution in [2.24, 2.45) is 5.41 Å². The Balaban J connectivity index is 1.43. The van der Waals surface area contributed by atoms with Crippen molar-refractivity contribution in [1.82, 2.24) is 9.62 Å². The number of halogens is 3. The molecule has 10 heteroatoms. The van der Waals surface area contributed by atoms with Gasteiger partial charge in [0.15, 0.2) is 0 Å². The minimum atomic E-state index is -3.79. The lowest BCUT2D eigenvalue weighted by molar-refractivity contribution is -0.0429. The van der Waals surface area contributed by atoms with Crippen LogP contribution in [0.15, 0.2) is 30.3 Å². The zero-order valence-electron chi connectivity index (χ0n) is 19.9. The predicted octanol–water partition coefficient (Wildman–Crippen LogP) is 5.55. The molecule has 6 nitrogen and oxygen atoms in total. The van der Waals surface area contributed by atoms with Crippen LogP contribution in [0.25, 0.3) is 0 Å². The van der Waals surface area contributed by atoms with E-state index < -0.39 is 21.7 Å². The highest BCUT2D eigenvalue weighted by atomic mass is 35.5. The summed E-state index contributed by atoms with van der Waals surface area (Å²) in [4.78, 5) is 14.7. The molecule has 2 aromatic rings. The maximum absolute atomic E-state index is 14.8. The average Bonchev–Trinajstić information content (AvgIpc) is 3.59. The Bertz CT molecular complexity index is 1220. The first-order chi connectivity index (χ1) is 16.4. The van der Waals surface area contributed by atoms with Gasteiger partial charge in [-0.1, -0.05) is 30.1 Å². The molecule has 1 aliphatic carbocycles. The summed E-state index contributed by atoms with van der Waals surface area (Å²) in [5, 5.41) is 1.20. The summed E-state index contributed by atoms with van der Waals surface area (Å²) in [6.07, 6.45) is 1.84. The molecule has 0 unspecified atom stereocenters. The molecule has 1 aliphatic heterocycles. The zero-order valence-corrected chi connectivity index (χ0v) is 22.2. The lowest BCUT2D eigenvalue weighted by Crippen LogP contribution is -2.57. The van der Waals surface area contributed by atoms with E-state index in [1.165, 1.54) is 19.1 Å². The number of sulfonamides is 1. The van der Waals surface area contributed by atoms with E-state index in [1.807, 2.05) is 16.9 Å². The molecule has 190 valence electrons. The van der Waals surface area contributed by atoms with Crippen LogP contribution < -0.4 is 9.46 Å². The Kier molecular flexibility index (Phi) is 7.40. The second-order valence-electron chi connectivity index (χ2n) is 9.86. The van der Waals surface area contributed by atoms with Gasteiger partial charge in [0.2, 0.25) is 10.0 Å².